The molecule has 0 aliphatic rings. The summed E-state index contributed by atoms with van der Waals surface area (Å²) in [5.41, 5.74) is 5.45. The molecule has 3 rings (SSSR count). The van der Waals surface area contributed by atoms with Crippen LogP contribution in [-0.2, 0) is 5.41 Å². The monoisotopic (exact) mass is 403 g/mol. The van der Waals surface area contributed by atoms with Gasteiger partial charge < -0.3 is 5.32 Å². The van der Waals surface area contributed by atoms with Crippen LogP contribution in [0.2, 0.25) is 0 Å². The molecule has 0 amide bonds. The molecule has 3 aromatic carbocycles. The summed E-state index contributed by atoms with van der Waals surface area (Å²) in [7, 11) is 0. The lowest BCUT2D eigenvalue weighted by Gasteiger charge is -2.23. The molecule has 0 unspecified atom stereocenters. The highest BCUT2D eigenvalue weighted by atomic mass is 79.9. The number of halogens is 1. The van der Waals surface area contributed by atoms with E-state index in [9.17, 15) is 0 Å². The van der Waals surface area contributed by atoms with E-state index in [0.717, 1.165) is 27.0 Å². The highest BCUT2D eigenvalue weighted by molar-refractivity contribution is 9.10. The molecular formula is C24H22BrN. The fraction of sp³-hybridized carbons (Fsp3) is 0.167. The molecule has 0 aliphatic carbocycles. The van der Waals surface area contributed by atoms with Gasteiger partial charge in [-0.15, -0.1) is 0 Å². The van der Waals surface area contributed by atoms with Gasteiger partial charge in [-0.1, -0.05) is 75.1 Å². The van der Waals surface area contributed by atoms with Crippen molar-refractivity contribution < 1.29 is 0 Å². The maximum Gasteiger partial charge on any atom is 0.0543 e. The molecule has 0 bridgehead atoms. The Balaban J connectivity index is 1.97. The van der Waals surface area contributed by atoms with E-state index in [1.165, 1.54) is 5.56 Å². The third kappa shape index (κ3) is 4.36. The first-order valence-corrected chi connectivity index (χ1v) is 9.46. The van der Waals surface area contributed by atoms with Gasteiger partial charge in [0, 0.05) is 21.3 Å². The Hall–Kier alpha value is -2.50. The van der Waals surface area contributed by atoms with Crippen molar-refractivity contribution in [2.75, 3.05) is 5.32 Å². The molecule has 0 saturated carbocycles. The summed E-state index contributed by atoms with van der Waals surface area (Å²) in [6.07, 6.45) is 0. The summed E-state index contributed by atoms with van der Waals surface area (Å²) in [5.74, 6) is 6.57. The number of hydrogen-bond donors (Lipinski definition) is 1. The van der Waals surface area contributed by atoms with Gasteiger partial charge in [-0.3, -0.25) is 0 Å². The molecule has 1 N–H and O–H groups in total. The van der Waals surface area contributed by atoms with Crippen LogP contribution in [0.5, 0.6) is 0 Å². The standard InChI is InChI=1S/C24H22BrN/c1-24(2,3)20-12-6-9-15-23(20)26-22-14-8-5-11-19(22)17-16-18-10-4-7-13-21(18)25/h4-15,26H,1-3H3. The highest BCUT2D eigenvalue weighted by Crippen LogP contribution is 2.32. The lowest BCUT2D eigenvalue weighted by Crippen LogP contribution is -2.13. The van der Waals surface area contributed by atoms with E-state index in [0.29, 0.717) is 0 Å². The van der Waals surface area contributed by atoms with Crippen LogP contribution < -0.4 is 5.32 Å². The molecule has 130 valence electrons. The van der Waals surface area contributed by atoms with Crippen LogP contribution in [-0.4, -0.2) is 0 Å². The lowest BCUT2D eigenvalue weighted by molar-refractivity contribution is 0.592. The van der Waals surface area contributed by atoms with Gasteiger partial charge in [0.15, 0.2) is 0 Å². The number of rotatable bonds is 2. The van der Waals surface area contributed by atoms with Gasteiger partial charge in [-0.2, -0.15) is 0 Å². The van der Waals surface area contributed by atoms with Crippen molar-refractivity contribution in [2.24, 2.45) is 0 Å². The molecular weight excluding hydrogens is 382 g/mol. The normalized spacial score (nSPS) is 10.8. The van der Waals surface area contributed by atoms with E-state index >= 15 is 0 Å². The second kappa shape index (κ2) is 7.81. The third-order valence-electron chi connectivity index (χ3n) is 4.14. The van der Waals surface area contributed by atoms with Crippen LogP contribution in [0, 0.1) is 11.8 Å². The maximum atomic E-state index is 3.58. The van der Waals surface area contributed by atoms with Crippen LogP contribution in [0.4, 0.5) is 11.4 Å². The summed E-state index contributed by atoms with van der Waals surface area (Å²) >= 11 is 3.56. The van der Waals surface area contributed by atoms with Crippen molar-refractivity contribution in [3.05, 3.63) is 94.0 Å². The molecule has 26 heavy (non-hydrogen) atoms. The van der Waals surface area contributed by atoms with Crippen molar-refractivity contribution in [1.82, 2.24) is 0 Å². The zero-order valence-corrected chi connectivity index (χ0v) is 16.9. The maximum absolute atomic E-state index is 3.58. The average molecular weight is 404 g/mol. The van der Waals surface area contributed by atoms with Gasteiger partial charge >= 0.3 is 0 Å². The summed E-state index contributed by atoms with van der Waals surface area (Å²) in [5, 5.41) is 3.58. The predicted molar refractivity (Wildman–Crippen MR) is 115 cm³/mol. The minimum atomic E-state index is 0.0686. The van der Waals surface area contributed by atoms with Gasteiger partial charge in [0.25, 0.3) is 0 Å². The van der Waals surface area contributed by atoms with E-state index in [-0.39, 0.29) is 5.41 Å². The van der Waals surface area contributed by atoms with Gasteiger partial charge in [0.1, 0.15) is 0 Å². The number of para-hydroxylation sites is 2. The van der Waals surface area contributed by atoms with E-state index in [2.05, 4.69) is 84.2 Å². The SMILES string of the molecule is CC(C)(C)c1ccccc1Nc1ccccc1C#Cc1ccccc1Br. The topological polar surface area (TPSA) is 12.0 Å². The number of benzene rings is 3. The summed E-state index contributed by atoms with van der Waals surface area (Å²) in [6.45, 7) is 6.68. The Labute approximate surface area is 164 Å². The zero-order valence-electron chi connectivity index (χ0n) is 15.3. The highest BCUT2D eigenvalue weighted by Gasteiger charge is 2.17. The molecule has 0 aromatic heterocycles. The molecule has 2 heteroatoms. The second-order valence-electron chi connectivity index (χ2n) is 7.20. The first-order valence-electron chi connectivity index (χ1n) is 8.67. The Morgan fingerprint density at radius 3 is 1.92 bits per heavy atom. The van der Waals surface area contributed by atoms with Crippen LogP contribution in [0.1, 0.15) is 37.5 Å². The molecule has 0 saturated heterocycles. The van der Waals surface area contributed by atoms with E-state index in [1.807, 2.05) is 42.5 Å². The number of nitrogens with one attached hydrogen (secondary N) is 1. The van der Waals surface area contributed by atoms with Crippen LogP contribution >= 0.6 is 15.9 Å². The first-order chi connectivity index (χ1) is 12.4. The molecule has 1 nitrogen and oxygen atoms in total. The van der Waals surface area contributed by atoms with Crippen molar-refractivity contribution in [3.63, 3.8) is 0 Å². The van der Waals surface area contributed by atoms with E-state index in [1.54, 1.807) is 0 Å². The summed E-state index contributed by atoms with van der Waals surface area (Å²) < 4.78 is 1.01. The minimum absolute atomic E-state index is 0.0686. The van der Waals surface area contributed by atoms with Crippen molar-refractivity contribution in [1.29, 1.82) is 0 Å². The Morgan fingerprint density at radius 2 is 1.23 bits per heavy atom. The first kappa shape index (κ1) is 18.3. The molecule has 0 radical (unpaired) electrons. The average Bonchev–Trinajstić information content (AvgIpc) is 2.62. The Kier molecular flexibility index (Phi) is 5.49. The quantitative estimate of drug-likeness (QED) is 0.459. The predicted octanol–water partition coefficient (Wildman–Crippen LogP) is 6.89. The van der Waals surface area contributed by atoms with Crippen LogP contribution in [0.25, 0.3) is 0 Å². The fourth-order valence-corrected chi connectivity index (χ4v) is 3.17. The largest absolute Gasteiger partial charge is 0.354 e. The minimum Gasteiger partial charge on any atom is -0.354 e. The molecule has 0 aliphatic heterocycles. The van der Waals surface area contributed by atoms with Crippen molar-refractivity contribution in [2.45, 2.75) is 26.2 Å². The lowest BCUT2D eigenvalue weighted by atomic mass is 9.85. The van der Waals surface area contributed by atoms with Crippen LogP contribution in [0.3, 0.4) is 0 Å². The van der Waals surface area contributed by atoms with Gasteiger partial charge in [-0.05, 0) is 57.2 Å². The Bertz CT molecular complexity index is 971. The molecule has 0 atom stereocenters. The third-order valence-corrected chi connectivity index (χ3v) is 4.83. The Morgan fingerprint density at radius 1 is 0.692 bits per heavy atom. The molecule has 0 heterocycles. The molecule has 0 spiro atoms. The van der Waals surface area contributed by atoms with Crippen molar-refractivity contribution in [3.8, 4) is 11.8 Å². The summed E-state index contributed by atoms with van der Waals surface area (Å²) in [4.78, 5) is 0. The summed E-state index contributed by atoms with van der Waals surface area (Å²) in [6, 6.07) is 24.6. The smallest absolute Gasteiger partial charge is 0.0543 e. The number of hydrogen-bond acceptors (Lipinski definition) is 1. The number of anilines is 2. The van der Waals surface area contributed by atoms with E-state index < -0.39 is 0 Å². The second-order valence-corrected chi connectivity index (χ2v) is 8.05. The van der Waals surface area contributed by atoms with Gasteiger partial charge in [-0.25, -0.2) is 0 Å². The molecule has 3 aromatic rings. The van der Waals surface area contributed by atoms with Gasteiger partial charge in [0.2, 0.25) is 0 Å². The van der Waals surface area contributed by atoms with Gasteiger partial charge in [0.05, 0.1) is 5.69 Å². The van der Waals surface area contributed by atoms with E-state index in [4.69, 9.17) is 0 Å². The molecule has 0 fully saturated rings. The van der Waals surface area contributed by atoms with Crippen LogP contribution in [0.15, 0.2) is 77.3 Å². The van der Waals surface area contributed by atoms with Crippen molar-refractivity contribution >= 4 is 27.3 Å². The zero-order chi connectivity index (χ0) is 18.6. The fourth-order valence-electron chi connectivity index (χ4n) is 2.79.